The van der Waals surface area contributed by atoms with Gasteiger partial charge in [0.25, 0.3) is 0 Å². The number of allylic oxidation sites excluding steroid dienone is 4. The summed E-state index contributed by atoms with van der Waals surface area (Å²) >= 11 is 3.42. The van der Waals surface area contributed by atoms with Crippen molar-refractivity contribution < 1.29 is 0 Å². The summed E-state index contributed by atoms with van der Waals surface area (Å²) in [6.45, 7) is 0. The van der Waals surface area contributed by atoms with Gasteiger partial charge in [0.2, 0.25) is 0 Å². The van der Waals surface area contributed by atoms with Crippen LogP contribution in [0.1, 0.15) is 18.4 Å². The summed E-state index contributed by atoms with van der Waals surface area (Å²) in [7, 11) is 0. The Labute approximate surface area is 143 Å². The largest absolute Gasteiger partial charge is 0.396 e. The third-order valence-electron chi connectivity index (χ3n) is 3.48. The van der Waals surface area contributed by atoms with Crippen molar-refractivity contribution in [1.29, 1.82) is 15.8 Å². The van der Waals surface area contributed by atoms with Crippen LogP contribution in [0.15, 0.2) is 57.2 Å². The highest BCUT2D eigenvalue weighted by atomic mass is 79.9. The lowest BCUT2D eigenvalue weighted by atomic mass is 9.98. The van der Waals surface area contributed by atoms with Gasteiger partial charge in [0.15, 0.2) is 5.57 Å². The van der Waals surface area contributed by atoms with Gasteiger partial charge in [0, 0.05) is 4.47 Å². The van der Waals surface area contributed by atoms with E-state index in [1.54, 1.807) is 12.1 Å². The zero-order valence-corrected chi connectivity index (χ0v) is 13.8. The first-order chi connectivity index (χ1) is 11.1. The normalized spacial score (nSPS) is 14.3. The van der Waals surface area contributed by atoms with Crippen LogP contribution < -0.4 is 5.73 Å². The fourth-order valence-corrected chi connectivity index (χ4v) is 2.58. The second-order valence-corrected chi connectivity index (χ2v) is 6.03. The molecule has 0 saturated heterocycles. The predicted molar refractivity (Wildman–Crippen MR) is 91.0 cm³/mol. The molecule has 0 radical (unpaired) electrons. The molecule has 1 aliphatic carbocycles. The molecule has 1 aromatic rings. The van der Waals surface area contributed by atoms with Crippen LogP contribution >= 0.6 is 15.9 Å². The zero-order valence-electron chi connectivity index (χ0n) is 12.3. The number of hydrogen-bond donors (Lipinski definition) is 1. The first kappa shape index (κ1) is 16.6. The summed E-state index contributed by atoms with van der Waals surface area (Å²) in [5.74, 6) is 0.255. The number of hydrogen-bond acceptors (Lipinski definition) is 4. The number of halogens is 1. The van der Waals surface area contributed by atoms with E-state index in [4.69, 9.17) is 16.3 Å². The number of nitrogens with zero attached hydrogens (tertiary/aromatic N) is 3. The van der Waals surface area contributed by atoms with E-state index in [9.17, 15) is 5.26 Å². The fraction of sp³-hybridized carbons (Fsp3) is 0.167. The van der Waals surface area contributed by atoms with E-state index >= 15 is 0 Å². The summed E-state index contributed by atoms with van der Waals surface area (Å²) in [6, 6.07) is 13.3. The van der Waals surface area contributed by atoms with Crippen LogP contribution in [-0.4, -0.2) is 0 Å². The van der Waals surface area contributed by atoms with E-state index in [0.29, 0.717) is 0 Å². The number of benzene rings is 1. The number of rotatable bonds is 4. The summed E-state index contributed by atoms with van der Waals surface area (Å²) in [5, 5.41) is 27.3. The first-order valence-corrected chi connectivity index (χ1v) is 7.78. The molecule has 5 heteroatoms. The van der Waals surface area contributed by atoms with Crippen LogP contribution in [-0.2, 0) is 0 Å². The minimum absolute atomic E-state index is 0.0432. The molecule has 1 saturated carbocycles. The Kier molecular flexibility index (Phi) is 5.36. The van der Waals surface area contributed by atoms with Gasteiger partial charge in [-0.1, -0.05) is 40.2 Å². The molecule has 1 aliphatic rings. The Balaban J connectivity index is 2.49. The third kappa shape index (κ3) is 4.10. The quantitative estimate of drug-likeness (QED) is 0.645. The van der Waals surface area contributed by atoms with E-state index in [1.165, 1.54) is 0 Å². The minimum Gasteiger partial charge on any atom is -0.396 e. The van der Waals surface area contributed by atoms with Crippen molar-refractivity contribution in [1.82, 2.24) is 0 Å². The molecule has 0 unspecified atom stereocenters. The number of nitrogens with two attached hydrogens (primary N) is 1. The molecule has 0 heterocycles. The second-order valence-electron chi connectivity index (χ2n) is 5.12. The average molecular weight is 365 g/mol. The molecule has 0 aliphatic heterocycles. The maximum absolute atomic E-state index is 9.44. The Bertz CT molecular complexity index is 821. The van der Waals surface area contributed by atoms with E-state index in [1.807, 2.05) is 36.4 Å². The predicted octanol–water partition coefficient (Wildman–Crippen LogP) is 3.95. The van der Waals surface area contributed by atoms with Crippen LogP contribution in [0.3, 0.4) is 0 Å². The average Bonchev–Trinajstić information content (AvgIpc) is 3.37. The van der Waals surface area contributed by atoms with Crippen molar-refractivity contribution in [2.24, 2.45) is 11.7 Å². The molecular weight excluding hydrogens is 352 g/mol. The van der Waals surface area contributed by atoms with Crippen molar-refractivity contribution >= 4 is 22.0 Å². The van der Waals surface area contributed by atoms with E-state index in [-0.39, 0.29) is 22.8 Å². The highest BCUT2D eigenvalue weighted by molar-refractivity contribution is 9.10. The van der Waals surface area contributed by atoms with E-state index in [2.05, 4.69) is 22.0 Å². The molecule has 112 valence electrons. The Morgan fingerprint density at radius 3 is 2.39 bits per heavy atom. The highest BCUT2D eigenvalue weighted by Gasteiger charge is 2.28. The van der Waals surface area contributed by atoms with Gasteiger partial charge in [-0.25, -0.2) is 0 Å². The van der Waals surface area contributed by atoms with Gasteiger partial charge in [-0.05, 0) is 42.0 Å². The minimum atomic E-state index is -0.226. The summed E-state index contributed by atoms with van der Waals surface area (Å²) < 4.78 is 0.966. The second kappa shape index (κ2) is 7.45. The Morgan fingerprint density at radius 2 is 1.87 bits per heavy atom. The van der Waals surface area contributed by atoms with Crippen molar-refractivity contribution in [3.05, 3.63) is 62.8 Å². The van der Waals surface area contributed by atoms with Crippen LogP contribution in [0.5, 0.6) is 0 Å². The van der Waals surface area contributed by atoms with Crippen molar-refractivity contribution in [2.45, 2.75) is 12.8 Å². The highest BCUT2D eigenvalue weighted by Crippen LogP contribution is 2.40. The van der Waals surface area contributed by atoms with Gasteiger partial charge < -0.3 is 5.73 Å². The van der Waals surface area contributed by atoms with Crippen molar-refractivity contribution in [3.8, 4) is 18.2 Å². The molecule has 1 fully saturated rings. The zero-order chi connectivity index (χ0) is 16.8. The smallest absolute Gasteiger partial charge is 0.153 e. The van der Waals surface area contributed by atoms with Crippen LogP contribution in [0.25, 0.3) is 6.08 Å². The molecule has 2 N–H and O–H groups in total. The van der Waals surface area contributed by atoms with Crippen LogP contribution in [0.2, 0.25) is 0 Å². The molecule has 23 heavy (non-hydrogen) atoms. The lowest BCUT2D eigenvalue weighted by Crippen LogP contribution is -2.06. The van der Waals surface area contributed by atoms with Gasteiger partial charge in [-0.15, -0.1) is 0 Å². The molecular formula is C18H13BrN4. The van der Waals surface area contributed by atoms with Gasteiger partial charge in [0.05, 0.1) is 11.3 Å². The lowest BCUT2D eigenvalue weighted by Gasteiger charge is -2.06. The summed E-state index contributed by atoms with van der Waals surface area (Å²) in [6.07, 6.45) is 5.72. The maximum atomic E-state index is 9.44. The molecule has 1 aromatic carbocycles. The molecule has 0 aromatic heterocycles. The third-order valence-corrected chi connectivity index (χ3v) is 3.98. The van der Waals surface area contributed by atoms with Gasteiger partial charge >= 0.3 is 0 Å². The molecule has 0 atom stereocenters. The van der Waals surface area contributed by atoms with Gasteiger partial charge in [-0.3, -0.25) is 0 Å². The molecule has 0 amide bonds. The van der Waals surface area contributed by atoms with Crippen LogP contribution in [0.4, 0.5) is 0 Å². The van der Waals surface area contributed by atoms with E-state index in [0.717, 1.165) is 28.5 Å². The molecule has 4 nitrogen and oxygen atoms in total. The SMILES string of the molecule is N#CC(C#N)=C(N)/C(C#N)=C(/C=C/c1cccc(Br)c1)C1CC1. The molecule has 0 spiro atoms. The number of nitriles is 3. The topological polar surface area (TPSA) is 97.4 Å². The van der Waals surface area contributed by atoms with Crippen LogP contribution in [0, 0.1) is 39.9 Å². The van der Waals surface area contributed by atoms with Gasteiger partial charge in [0.1, 0.15) is 18.2 Å². The van der Waals surface area contributed by atoms with Crippen molar-refractivity contribution in [3.63, 3.8) is 0 Å². The monoisotopic (exact) mass is 364 g/mol. The first-order valence-electron chi connectivity index (χ1n) is 6.99. The summed E-state index contributed by atoms with van der Waals surface area (Å²) in [5.41, 5.74) is 7.59. The van der Waals surface area contributed by atoms with E-state index < -0.39 is 0 Å². The molecule has 0 bridgehead atoms. The standard InChI is InChI=1S/C18H13BrN4/c19-15-3-1-2-12(8-15)4-7-16(13-5-6-13)17(11-22)18(23)14(9-20)10-21/h1-4,7-8,13H,5-6,23H2/b7-4+,17-16-. The Hall–Kier alpha value is -2.81. The lowest BCUT2D eigenvalue weighted by molar-refractivity contribution is 1.03. The van der Waals surface area contributed by atoms with Gasteiger partial charge in [-0.2, -0.15) is 15.8 Å². The maximum Gasteiger partial charge on any atom is 0.153 e. The summed E-state index contributed by atoms with van der Waals surface area (Å²) in [4.78, 5) is 0. The Morgan fingerprint density at radius 1 is 1.17 bits per heavy atom. The fourth-order valence-electron chi connectivity index (χ4n) is 2.16. The molecule has 2 rings (SSSR count). The van der Waals surface area contributed by atoms with Crippen molar-refractivity contribution in [2.75, 3.05) is 0 Å².